The van der Waals surface area contributed by atoms with Crippen molar-refractivity contribution in [2.45, 2.75) is 46.1 Å². The molecule has 1 N–H and O–H groups in total. The smallest absolute Gasteiger partial charge is 0.222 e. The number of ether oxygens (including phenoxy) is 1. The van der Waals surface area contributed by atoms with Gasteiger partial charge in [0.15, 0.2) is 0 Å². The Hall–Kier alpha value is -1.55. The van der Waals surface area contributed by atoms with Gasteiger partial charge in [-0.2, -0.15) is 0 Å². The molecular weight excluding hydrogens is 278 g/mol. The summed E-state index contributed by atoms with van der Waals surface area (Å²) in [5.74, 6) is 1.27. The third-order valence-corrected chi connectivity index (χ3v) is 4.55. The van der Waals surface area contributed by atoms with E-state index in [2.05, 4.69) is 13.8 Å². The number of rotatable bonds is 5. The molecule has 1 saturated heterocycles. The summed E-state index contributed by atoms with van der Waals surface area (Å²) in [5, 5.41) is 9.85. The largest absolute Gasteiger partial charge is 0.494 e. The minimum Gasteiger partial charge on any atom is -0.494 e. The molecule has 1 aromatic carbocycles. The first-order valence-electron chi connectivity index (χ1n) is 8.13. The first-order chi connectivity index (χ1) is 10.5. The number of hydrogen-bond donors (Lipinski definition) is 1. The van der Waals surface area contributed by atoms with Crippen molar-refractivity contribution in [2.75, 3.05) is 19.7 Å². The number of amides is 1. The summed E-state index contributed by atoms with van der Waals surface area (Å²) in [4.78, 5) is 13.9. The number of aliphatic hydroxyl groups is 1. The van der Waals surface area contributed by atoms with Crippen LogP contribution < -0.4 is 4.74 Å². The van der Waals surface area contributed by atoms with Crippen LogP contribution in [0.5, 0.6) is 5.75 Å². The molecule has 0 aliphatic carbocycles. The lowest BCUT2D eigenvalue weighted by molar-refractivity contribution is -0.135. The fourth-order valence-corrected chi connectivity index (χ4v) is 2.65. The Kier molecular flexibility index (Phi) is 5.83. The number of carbonyl (C=O) groups is 1. The van der Waals surface area contributed by atoms with Crippen LogP contribution in [-0.4, -0.2) is 41.7 Å². The van der Waals surface area contributed by atoms with Crippen molar-refractivity contribution < 1.29 is 14.6 Å². The average Bonchev–Trinajstić information content (AvgIpc) is 2.49. The summed E-state index contributed by atoms with van der Waals surface area (Å²) in [6.07, 6.45) is 1.68. The topological polar surface area (TPSA) is 49.8 Å². The van der Waals surface area contributed by atoms with E-state index in [0.29, 0.717) is 26.0 Å². The van der Waals surface area contributed by atoms with E-state index in [4.69, 9.17) is 4.74 Å². The van der Waals surface area contributed by atoms with Gasteiger partial charge in [0.2, 0.25) is 5.91 Å². The Morgan fingerprint density at radius 3 is 2.82 bits per heavy atom. The van der Waals surface area contributed by atoms with Crippen LogP contribution in [0.3, 0.4) is 0 Å². The van der Waals surface area contributed by atoms with E-state index in [1.807, 2.05) is 25.1 Å². The van der Waals surface area contributed by atoms with Gasteiger partial charge in [-0.1, -0.05) is 13.0 Å². The molecule has 0 aromatic heterocycles. The third kappa shape index (κ3) is 4.47. The van der Waals surface area contributed by atoms with Crippen molar-refractivity contribution in [1.82, 2.24) is 4.90 Å². The van der Waals surface area contributed by atoms with E-state index < -0.39 is 0 Å². The molecule has 4 heteroatoms. The maximum absolute atomic E-state index is 12.1. The zero-order chi connectivity index (χ0) is 16.1. The van der Waals surface area contributed by atoms with Gasteiger partial charge in [-0.25, -0.2) is 0 Å². The zero-order valence-electron chi connectivity index (χ0n) is 13.8. The first-order valence-corrected chi connectivity index (χ1v) is 8.13. The molecule has 122 valence electrons. The van der Waals surface area contributed by atoms with E-state index >= 15 is 0 Å². The summed E-state index contributed by atoms with van der Waals surface area (Å²) in [5.41, 5.74) is 2.46. The minimum absolute atomic E-state index is 0.120. The van der Waals surface area contributed by atoms with Gasteiger partial charge in [0.25, 0.3) is 0 Å². The van der Waals surface area contributed by atoms with Crippen molar-refractivity contribution >= 4 is 5.91 Å². The van der Waals surface area contributed by atoms with Gasteiger partial charge in [-0.3, -0.25) is 4.79 Å². The maximum atomic E-state index is 12.1. The molecule has 1 aromatic rings. The van der Waals surface area contributed by atoms with Crippen LogP contribution in [0.15, 0.2) is 18.2 Å². The highest BCUT2D eigenvalue weighted by Crippen LogP contribution is 2.19. The van der Waals surface area contributed by atoms with Gasteiger partial charge in [0, 0.05) is 19.5 Å². The zero-order valence-corrected chi connectivity index (χ0v) is 13.8. The summed E-state index contributed by atoms with van der Waals surface area (Å²) in [6, 6.07) is 6.04. The maximum Gasteiger partial charge on any atom is 0.222 e. The van der Waals surface area contributed by atoms with Crippen LogP contribution in [0.1, 0.15) is 37.3 Å². The van der Waals surface area contributed by atoms with Gasteiger partial charge < -0.3 is 14.7 Å². The molecule has 0 radical (unpaired) electrons. The number of nitrogens with zero attached hydrogens (tertiary/aromatic N) is 1. The fraction of sp³-hybridized carbons (Fsp3) is 0.611. The van der Waals surface area contributed by atoms with Crippen molar-refractivity contribution in [3.05, 3.63) is 29.3 Å². The molecule has 0 saturated carbocycles. The molecule has 1 heterocycles. The number of carbonyl (C=O) groups excluding carboxylic acids is 1. The quantitative estimate of drug-likeness (QED) is 0.851. The van der Waals surface area contributed by atoms with Gasteiger partial charge in [-0.15, -0.1) is 0 Å². The summed E-state index contributed by atoms with van der Waals surface area (Å²) < 4.78 is 5.70. The lowest BCUT2D eigenvalue weighted by Gasteiger charge is -2.34. The monoisotopic (exact) mass is 305 g/mol. The molecule has 2 unspecified atom stereocenters. The van der Waals surface area contributed by atoms with Crippen LogP contribution in [-0.2, 0) is 4.79 Å². The van der Waals surface area contributed by atoms with E-state index in [-0.39, 0.29) is 17.9 Å². The molecule has 4 nitrogen and oxygen atoms in total. The number of hydrogen-bond acceptors (Lipinski definition) is 3. The Balaban J connectivity index is 1.70. The van der Waals surface area contributed by atoms with E-state index in [1.54, 1.807) is 4.90 Å². The number of benzene rings is 1. The number of aliphatic hydroxyl groups excluding tert-OH is 1. The van der Waals surface area contributed by atoms with Crippen LogP contribution in [0.2, 0.25) is 0 Å². The second-order valence-corrected chi connectivity index (χ2v) is 6.37. The minimum atomic E-state index is -0.385. The first kappa shape index (κ1) is 16.8. The van der Waals surface area contributed by atoms with Crippen LogP contribution in [0.25, 0.3) is 0 Å². The molecular formula is C18H27NO3. The molecule has 1 fully saturated rings. The van der Waals surface area contributed by atoms with Gasteiger partial charge in [-0.05, 0) is 55.9 Å². The standard InChI is InChI=1S/C18H27NO3/c1-13-6-7-16(11-15(13)3)22-10-4-5-18(21)19-9-8-14(2)17(20)12-19/h6-7,11,14,17,20H,4-5,8-10,12H2,1-3H3. The lowest BCUT2D eigenvalue weighted by Crippen LogP contribution is -2.45. The highest BCUT2D eigenvalue weighted by molar-refractivity contribution is 5.76. The second kappa shape index (κ2) is 7.63. The van der Waals surface area contributed by atoms with Crippen molar-refractivity contribution in [3.8, 4) is 5.75 Å². The fourth-order valence-electron chi connectivity index (χ4n) is 2.65. The van der Waals surface area contributed by atoms with Crippen molar-refractivity contribution in [2.24, 2.45) is 5.92 Å². The Morgan fingerprint density at radius 2 is 2.14 bits per heavy atom. The van der Waals surface area contributed by atoms with Gasteiger partial charge >= 0.3 is 0 Å². The second-order valence-electron chi connectivity index (χ2n) is 6.37. The van der Waals surface area contributed by atoms with E-state index in [9.17, 15) is 9.90 Å². The average molecular weight is 305 g/mol. The van der Waals surface area contributed by atoms with Crippen LogP contribution >= 0.6 is 0 Å². The number of β-amino-alcohol motifs (C(OH)–C–C–N with tert-alkyl or cyclic N) is 1. The molecule has 0 spiro atoms. The van der Waals surface area contributed by atoms with Crippen LogP contribution in [0.4, 0.5) is 0 Å². The Labute approximate surface area is 133 Å². The molecule has 2 rings (SSSR count). The summed E-state index contributed by atoms with van der Waals surface area (Å²) in [6.45, 7) is 7.94. The predicted octanol–water partition coefficient (Wildman–Crippen LogP) is 2.69. The number of aryl methyl sites for hydroxylation is 2. The van der Waals surface area contributed by atoms with Gasteiger partial charge in [0.05, 0.1) is 12.7 Å². The van der Waals surface area contributed by atoms with E-state index in [0.717, 1.165) is 18.7 Å². The highest BCUT2D eigenvalue weighted by atomic mass is 16.5. The highest BCUT2D eigenvalue weighted by Gasteiger charge is 2.26. The summed E-state index contributed by atoms with van der Waals surface area (Å²) in [7, 11) is 0. The normalized spacial score (nSPS) is 21.7. The van der Waals surface area contributed by atoms with Gasteiger partial charge in [0.1, 0.15) is 5.75 Å². The molecule has 0 bridgehead atoms. The SMILES string of the molecule is Cc1ccc(OCCCC(=O)N2CCC(C)C(O)C2)cc1C. The summed E-state index contributed by atoms with van der Waals surface area (Å²) >= 11 is 0. The molecule has 1 aliphatic rings. The molecule has 22 heavy (non-hydrogen) atoms. The third-order valence-electron chi connectivity index (χ3n) is 4.55. The Bertz CT molecular complexity index is 515. The molecule has 2 atom stereocenters. The molecule has 1 amide bonds. The van der Waals surface area contributed by atoms with E-state index in [1.165, 1.54) is 11.1 Å². The predicted molar refractivity (Wildman–Crippen MR) is 87.0 cm³/mol. The van der Waals surface area contributed by atoms with Crippen molar-refractivity contribution in [3.63, 3.8) is 0 Å². The van der Waals surface area contributed by atoms with Crippen LogP contribution in [0, 0.1) is 19.8 Å². The number of likely N-dealkylation sites (tertiary alicyclic amines) is 1. The Morgan fingerprint density at radius 1 is 1.36 bits per heavy atom. The van der Waals surface area contributed by atoms with Crippen molar-refractivity contribution in [1.29, 1.82) is 0 Å². The lowest BCUT2D eigenvalue weighted by atomic mass is 9.96. The molecule has 1 aliphatic heterocycles. The number of piperidine rings is 1.